The summed E-state index contributed by atoms with van der Waals surface area (Å²) in [6, 6.07) is 4.97. The first kappa shape index (κ1) is 18.7. The molecule has 0 bridgehead atoms. The van der Waals surface area contributed by atoms with Crippen LogP contribution in [0.4, 0.5) is 0 Å². The van der Waals surface area contributed by atoms with Crippen molar-refractivity contribution in [2.75, 3.05) is 6.61 Å². The van der Waals surface area contributed by atoms with Gasteiger partial charge in [-0.25, -0.2) is 14.5 Å². The molecule has 2 rings (SSSR count). The van der Waals surface area contributed by atoms with Crippen LogP contribution in [0.15, 0.2) is 24.5 Å². The van der Waals surface area contributed by atoms with Gasteiger partial charge in [-0.3, -0.25) is 0 Å². The molecule has 0 spiro atoms. The number of aliphatic hydroxyl groups excluding tert-OH is 1. The monoisotopic (exact) mass is 371 g/mol. The number of hydrogen-bond acceptors (Lipinski definition) is 5. The molecule has 0 amide bonds. The summed E-state index contributed by atoms with van der Waals surface area (Å²) in [6.45, 7) is 3.59. The van der Waals surface area contributed by atoms with Gasteiger partial charge >= 0.3 is 5.97 Å². The Morgan fingerprint density at radius 3 is 2.83 bits per heavy atom. The van der Waals surface area contributed by atoms with E-state index in [2.05, 4.69) is 10.1 Å². The molecule has 1 N–H and O–H groups in total. The third kappa shape index (κ3) is 4.26. The zero-order valence-corrected chi connectivity index (χ0v) is 15.0. The highest BCUT2D eigenvalue weighted by atomic mass is 35.5. The summed E-state index contributed by atoms with van der Waals surface area (Å²) in [5.41, 5.74) is 0.868. The molecule has 130 valence electrons. The molecule has 0 aliphatic rings. The van der Waals surface area contributed by atoms with Gasteiger partial charge in [-0.1, -0.05) is 35.3 Å². The highest BCUT2D eigenvalue weighted by Crippen LogP contribution is 2.28. The molecule has 6 nitrogen and oxygen atoms in total. The molecule has 24 heavy (non-hydrogen) atoms. The van der Waals surface area contributed by atoms with E-state index in [4.69, 9.17) is 27.9 Å². The van der Waals surface area contributed by atoms with Crippen LogP contribution >= 0.6 is 23.2 Å². The first-order valence-electron chi connectivity index (χ1n) is 7.63. The summed E-state index contributed by atoms with van der Waals surface area (Å²) in [6.07, 6.45) is 1.61. The molecule has 0 saturated carbocycles. The Labute approximate surface area is 150 Å². The Morgan fingerprint density at radius 1 is 1.42 bits per heavy atom. The summed E-state index contributed by atoms with van der Waals surface area (Å²) >= 11 is 12.2. The fraction of sp³-hybridized carbons (Fsp3) is 0.438. The van der Waals surface area contributed by atoms with Gasteiger partial charge in [0.15, 0.2) is 0 Å². The lowest BCUT2D eigenvalue weighted by molar-refractivity contribution is 0.0486. The van der Waals surface area contributed by atoms with Crippen LogP contribution in [0.25, 0.3) is 0 Å². The summed E-state index contributed by atoms with van der Waals surface area (Å²) in [4.78, 5) is 15.9. The molecular formula is C16H19Cl2N3O3. The fourth-order valence-corrected chi connectivity index (χ4v) is 2.86. The van der Waals surface area contributed by atoms with Crippen LogP contribution in [0, 0.1) is 0 Å². The minimum absolute atomic E-state index is 0.0694. The van der Waals surface area contributed by atoms with Crippen molar-refractivity contribution in [1.82, 2.24) is 14.8 Å². The van der Waals surface area contributed by atoms with Gasteiger partial charge in [-0.15, -0.1) is 0 Å². The fourth-order valence-electron chi connectivity index (χ4n) is 2.45. The lowest BCUT2D eigenvalue weighted by atomic mass is 10.0. The van der Waals surface area contributed by atoms with Gasteiger partial charge in [0, 0.05) is 0 Å². The van der Waals surface area contributed by atoms with E-state index in [1.54, 1.807) is 19.9 Å². The quantitative estimate of drug-likeness (QED) is 0.755. The number of aliphatic hydroxyl groups is 1. The zero-order chi connectivity index (χ0) is 17.7. The SMILES string of the molecule is CCOC(=O)c1ncnn1[C@H](CCc1cccc(Cl)c1Cl)[C@H](C)O. The van der Waals surface area contributed by atoms with Crippen molar-refractivity contribution in [3.63, 3.8) is 0 Å². The Kier molecular flexibility index (Phi) is 6.60. The lowest BCUT2D eigenvalue weighted by Gasteiger charge is -2.21. The third-order valence-corrected chi connectivity index (χ3v) is 4.50. The van der Waals surface area contributed by atoms with Crippen LogP contribution in [0.5, 0.6) is 0 Å². The molecule has 1 heterocycles. The number of ether oxygens (including phenoxy) is 1. The number of carbonyl (C=O) groups excluding carboxylic acids is 1. The maximum absolute atomic E-state index is 12.0. The smallest absolute Gasteiger partial charge is 0.376 e. The second kappa shape index (κ2) is 8.46. The van der Waals surface area contributed by atoms with Crippen molar-refractivity contribution in [1.29, 1.82) is 0 Å². The molecule has 8 heteroatoms. The first-order chi connectivity index (χ1) is 11.5. The van der Waals surface area contributed by atoms with Crippen molar-refractivity contribution in [3.8, 4) is 0 Å². The van der Waals surface area contributed by atoms with E-state index in [0.29, 0.717) is 22.9 Å². The largest absolute Gasteiger partial charge is 0.460 e. The predicted molar refractivity (Wildman–Crippen MR) is 91.5 cm³/mol. The maximum atomic E-state index is 12.0. The Bertz CT molecular complexity index is 704. The molecule has 0 unspecified atom stereocenters. The van der Waals surface area contributed by atoms with Gasteiger partial charge in [0.2, 0.25) is 5.82 Å². The normalized spacial score (nSPS) is 13.5. The van der Waals surface area contributed by atoms with Crippen molar-refractivity contribution in [2.45, 2.75) is 38.8 Å². The van der Waals surface area contributed by atoms with Gasteiger partial charge in [-0.05, 0) is 38.3 Å². The van der Waals surface area contributed by atoms with Crippen molar-refractivity contribution in [2.24, 2.45) is 0 Å². The molecule has 2 atom stereocenters. The van der Waals surface area contributed by atoms with Crippen molar-refractivity contribution < 1.29 is 14.6 Å². The molecule has 0 saturated heterocycles. The van der Waals surface area contributed by atoms with Crippen molar-refractivity contribution >= 4 is 29.2 Å². The standard InChI is InChI=1S/C16H19Cl2N3O3/c1-3-24-16(23)15-19-9-20-21(15)13(10(2)22)8-7-11-5-4-6-12(17)14(11)18/h4-6,9-10,13,22H,3,7-8H2,1-2H3/t10-,13+/m0/s1. The number of benzene rings is 1. The molecule has 1 aromatic carbocycles. The highest BCUT2D eigenvalue weighted by Gasteiger charge is 2.25. The summed E-state index contributed by atoms with van der Waals surface area (Å²) in [7, 11) is 0. The third-order valence-electron chi connectivity index (χ3n) is 3.64. The number of halogens is 2. The van der Waals surface area contributed by atoms with Crippen LogP contribution in [-0.4, -0.2) is 38.6 Å². The number of carbonyl (C=O) groups is 1. The molecule has 0 aliphatic carbocycles. The number of hydrogen-bond donors (Lipinski definition) is 1. The van der Waals surface area contributed by atoms with Crippen molar-refractivity contribution in [3.05, 3.63) is 46.0 Å². The van der Waals surface area contributed by atoms with E-state index < -0.39 is 18.1 Å². The maximum Gasteiger partial charge on any atom is 0.376 e. The van der Waals surface area contributed by atoms with E-state index in [1.165, 1.54) is 11.0 Å². The summed E-state index contributed by atoms with van der Waals surface area (Å²) < 4.78 is 6.38. The Morgan fingerprint density at radius 2 is 2.17 bits per heavy atom. The van der Waals surface area contributed by atoms with E-state index in [0.717, 1.165) is 5.56 Å². The van der Waals surface area contributed by atoms with Crippen LogP contribution in [0.1, 0.15) is 42.5 Å². The van der Waals surface area contributed by atoms with Crippen LogP contribution in [-0.2, 0) is 11.2 Å². The van der Waals surface area contributed by atoms with Gasteiger partial charge < -0.3 is 9.84 Å². The topological polar surface area (TPSA) is 77.2 Å². The lowest BCUT2D eigenvalue weighted by Crippen LogP contribution is -2.27. The van der Waals surface area contributed by atoms with Crippen LogP contribution in [0.3, 0.4) is 0 Å². The molecular weight excluding hydrogens is 353 g/mol. The minimum Gasteiger partial charge on any atom is -0.460 e. The Hall–Kier alpha value is -1.63. The number of aryl methyl sites for hydroxylation is 1. The van der Waals surface area contributed by atoms with Gasteiger partial charge in [0.05, 0.1) is 28.8 Å². The number of aromatic nitrogens is 3. The van der Waals surface area contributed by atoms with Gasteiger partial charge in [-0.2, -0.15) is 5.10 Å². The predicted octanol–water partition coefficient (Wildman–Crippen LogP) is 3.32. The molecule has 0 aliphatic heterocycles. The van der Waals surface area contributed by atoms with E-state index >= 15 is 0 Å². The second-order valence-corrected chi connectivity index (χ2v) is 6.09. The molecule has 2 aromatic rings. The number of rotatable bonds is 7. The first-order valence-corrected chi connectivity index (χ1v) is 8.38. The number of esters is 1. The summed E-state index contributed by atoms with van der Waals surface area (Å²) in [5, 5.41) is 15.2. The van der Waals surface area contributed by atoms with E-state index in [-0.39, 0.29) is 12.4 Å². The minimum atomic E-state index is -0.738. The highest BCUT2D eigenvalue weighted by molar-refractivity contribution is 6.42. The molecule has 1 aromatic heterocycles. The zero-order valence-electron chi connectivity index (χ0n) is 13.4. The summed E-state index contributed by atoms with van der Waals surface area (Å²) in [5.74, 6) is -0.499. The molecule has 0 fully saturated rings. The van der Waals surface area contributed by atoms with Gasteiger partial charge in [0.1, 0.15) is 6.33 Å². The average molecular weight is 372 g/mol. The second-order valence-electron chi connectivity index (χ2n) is 5.31. The average Bonchev–Trinajstić information content (AvgIpc) is 3.01. The molecule has 0 radical (unpaired) electrons. The van der Waals surface area contributed by atoms with Crippen LogP contribution in [0.2, 0.25) is 10.0 Å². The Balaban J connectivity index is 2.20. The van der Waals surface area contributed by atoms with Crippen LogP contribution < -0.4 is 0 Å². The number of nitrogens with zero attached hydrogens (tertiary/aromatic N) is 3. The van der Waals surface area contributed by atoms with E-state index in [9.17, 15) is 9.90 Å². The van der Waals surface area contributed by atoms with Gasteiger partial charge in [0.25, 0.3) is 0 Å². The van der Waals surface area contributed by atoms with E-state index in [1.807, 2.05) is 12.1 Å².